The lowest BCUT2D eigenvalue weighted by atomic mass is 9.94. The molecule has 2 heterocycles. The van der Waals surface area contributed by atoms with E-state index in [4.69, 9.17) is 0 Å². The summed E-state index contributed by atoms with van der Waals surface area (Å²) >= 11 is 0. The Morgan fingerprint density at radius 3 is 2.69 bits per heavy atom. The van der Waals surface area contributed by atoms with Crippen LogP contribution in [0.1, 0.15) is 18.5 Å². The number of rotatable bonds is 4. The molecule has 29 heavy (non-hydrogen) atoms. The number of H-pyrrole nitrogens is 1. The first-order valence-electron chi connectivity index (χ1n) is 8.69. The number of anilines is 1. The molecule has 0 saturated carbocycles. The number of carbonyl (C=O) groups is 2. The fourth-order valence-corrected chi connectivity index (χ4v) is 3.25. The standard InChI is InChI=1S/C19H16N6O4/c1-10-16(18(26)22-13-4-7-15-12(8-13)9-20-24-15)17(23-19(27)21-10)11-2-5-14(6-3-11)25(28)29/h2-9,17H,1H3,(H,20,24)(H,22,26)(H2,21,23,27). The molecule has 0 spiro atoms. The fraction of sp³-hybridized carbons (Fsp3) is 0.105. The molecule has 10 nitrogen and oxygen atoms in total. The first-order valence-corrected chi connectivity index (χ1v) is 8.69. The van der Waals surface area contributed by atoms with E-state index >= 15 is 0 Å². The van der Waals surface area contributed by atoms with E-state index in [1.54, 1.807) is 31.3 Å². The minimum Gasteiger partial charge on any atom is -0.327 e. The Morgan fingerprint density at radius 2 is 1.97 bits per heavy atom. The highest BCUT2D eigenvalue weighted by atomic mass is 16.6. The molecule has 146 valence electrons. The lowest BCUT2D eigenvalue weighted by Gasteiger charge is -2.28. The van der Waals surface area contributed by atoms with Crippen LogP contribution in [0.15, 0.2) is 59.9 Å². The number of nitrogens with one attached hydrogen (secondary N) is 4. The van der Waals surface area contributed by atoms with Gasteiger partial charge in [-0.2, -0.15) is 5.10 Å². The van der Waals surface area contributed by atoms with Crippen LogP contribution in [0.3, 0.4) is 0 Å². The van der Waals surface area contributed by atoms with Gasteiger partial charge in [-0.3, -0.25) is 20.0 Å². The molecule has 1 aliphatic rings. The van der Waals surface area contributed by atoms with Crippen LogP contribution in [0.4, 0.5) is 16.2 Å². The van der Waals surface area contributed by atoms with Crippen molar-refractivity contribution >= 4 is 34.2 Å². The maximum absolute atomic E-state index is 13.0. The number of urea groups is 1. The molecule has 0 saturated heterocycles. The topological polar surface area (TPSA) is 142 Å². The van der Waals surface area contributed by atoms with E-state index in [0.717, 1.165) is 10.9 Å². The fourth-order valence-electron chi connectivity index (χ4n) is 3.25. The molecule has 0 aliphatic carbocycles. The molecule has 3 aromatic rings. The van der Waals surface area contributed by atoms with E-state index in [9.17, 15) is 19.7 Å². The molecule has 10 heteroatoms. The number of hydrogen-bond acceptors (Lipinski definition) is 5. The summed E-state index contributed by atoms with van der Waals surface area (Å²) < 4.78 is 0. The molecule has 2 aromatic carbocycles. The van der Waals surface area contributed by atoms with E-state index in [0.29, 0.717) is 22.5 Å². The van der Waals surface area contributed by atoms with E-state index in [1.165, 1.54) is 24.3 Å². The number of aromatic nitrogens is 2. The van der Waals surface area contributed by atoms with Crippen LogP contribution in [0.2, 0.25) is 0 Å². The number of hydrogen-bond donors (Lipinski definition) is 4. The minimum atomic E-state index is -0.748. The van der Waals surface area contributed by atoms with E-state index in [-0.39, 0.29) is 5.69 Å². The molecule has 0 fully saturated rings. The number of amides is 3. The summed E-state index contributed by atoms with van der Waals surface area (Å²) in [5, 5.41) is 26.6. The second-order valence-corrected chi connectivity index (χ2v) is 6.54. The van der Waals surface area contributed by atoms with Crippen molar-refractivity contribution in [2.75, 3.05) is 5.32 Å². The molecule has 1 aliphatic heterocycles. The number of non-ortho nitro benzene ring substituents is 1. The molecule has 0 bridgehead atoms. The third-order valence-electron chi connectivity index (χ3n) is 4.65. The number of allylic oxidation sites excluding steroid dienone is 1. The van der Waals surface area contributed by atoms with Crippen molar-refractivity contribution in [3.8, 4) is 0 Å². The van der Waals surface area contributed by atoms with Crippen LogP contribution in [0, 0.1) is 10.1 Å². The van der Waals surface area contributed by atoms with Crippen LogP contribution in [0.5, 0.6) is 0 Å². The summed E-state index contributed by atoms with van der Waals surface area (Å²) in [6.07, 6.45) is 1.65. The first kappa shape index (κ1) is 18.2. The summed E-state index contributed by atoms with van der Waals surface area (Å²) in [6.45, 7) is 1.63. The van der Waals surface area contributed by atoms with Crippen molar-refractivity contribution in [1.82, 2.24) is 20.8 Å². The highest BCUT2D eigenvalue weighted by Gasteiger charge is 2.31. The molecule has 1 unspecified atom stereocenters. The number of nitrogens with zero attached hydrogens (tertiary/aromatic N) is 2. The van der Waals surface area contributed by atoms with E-state index < -0.39 is 22.9 Å². The van der Waals surface area contributed by atoms with Gasteiger partial charge in [0.05, 0.1) is 28.3 Å². The zero-order valence-corrected chi connectivity index (χ0v) is 15.2. The second kappa shape index (κ2) is 7.08. The third-order valence-corrected chi connectivity index (χ3v) is 4.65. The van der Waals surface area contributed by atoms with Gasteiger partial charge in [-0.1, -0.05) is 0 Å². The van der Waals surface area contributed by atoms with Crippen molar-refractivity contribution < 1.29 is 14.5 Å². The molecular weight excluding hydrogens is 376 g/mol. The van der Waals surface area contributed by atoms with Gasteiger partial charge in [-0.25, -0.2) is 4.79 Å². The van der Waals surface area contributed by atoms with Crippen molar-refractivity contribution in [2.24, 2.45) is 0 Å². The van der Waals surface area contributed by atoms with Crippen LogP contribution in [0.25, 0.3) is 10.9 Å². The molecule has 4 rings (SSSR count). The van der Waals surface area contributed by atoms with Gasteiger partial charge in [0.1, 0.15) is 0 Å². The number of fused-ring (bicyclic) bond motifs is 1. The van der Waals surface area contributed by atoms with Crippen LogP contribution < -0.4 is 16.0 Å². The molecule has 3 amide bonds. The normalized spacial score (nSPS) is 16.3. The second-order valence-electron chi connectivity index (χ2n) is 6.54. The predicted molar refractivity (Wildman–Crippen MR) is 105 cm³/mol. The quantitative estimate of drug-likeness (QED) is 0.399. The molecule has 1 atom stereocenters. The maximum Gasteiger partial charge on any atom is 0.319 e. The SMILES string of the molecule is CC1=C(C(=O)Nc2ccc3[nH]ncc3c2)C(c2ccc([N+](=O)[O-])cc2)NC(=O)N1. The molecule has 1 aromatic heterocycles. The Morgan fingerprint density at radius 1 is 1.21 bits per heavy atom. The smallest absolute Gasteiger partial charge is 0.319 e. The van der Waals surface area contributed by atoms with Gasteiger partial charge in [0.15, 0.2) is 0 Å². The first-order chi connectivity index (χ1) is 13.9. The van der Waals surface area contributed by atoms with Gasteiger partial charge >= 0.3 is 6.03 Å². The van der Waals surface area contributed by atoms with Gasteiger partial charge in [0, 0.05) is 28.9 Å². The zero-order chi connectivity index (χ0) is 20.5. The lowest BCUT2D eigenvalue weighted by molar-refractivity contribution is -0.384. The monoisotopic (exact) mass is 392 g/mol. The summed E-state index contributed by atoms with van der Waals surface area (Å²) in [4.78, 5) is 35.4. The number of nitro benzene ring substituents is 1. The predicted octanol–water partition coefficient (Wildman–Crippen LogP) is 2.74. The maximum atomic E-state index is 13.0. The molecule has 0 radical (unpaired) electrons. The highest BCUT2D eigenvalue weighted by molar-refractivity contribution is 6.07. The number of benzene rings is 2. The van der Waals surface area contributed by atoms with Gasteiger partial charge in [-0.05, 0) is 42.8 Å². The lowest BCUT2D eigenvalue weighted by Crippen LogP contribution is -2.45. The Kier molecular flexibility index (Phi) is 4.43. The summed E-state index contributed by atoms with van der Waals surface area (Å²) in [5.74, 6) is -0.402. The number of aromatic amines is 1. The Balaban J connectivity index is 1.65. The molecule has 4 N–H and O–H groups in total. The van der Waals surface area contributed by atoms with Crippen molar-refractivity contribution in [3.63, 3.8) is 0 Å². The zero-order valence-electron chi connectivity index (χ0n) is 15.2. The summed E-state index contributed by atoms with van der Waals surface area (Å²) in [6, 6.07) is 9.83. The minimum absolute atomic E-state index is 0.0749. The van der Waals surface area contributed by atoms with Crippen LogP contribution in [-0.4, -0.2) is 27.1 Å². The van der Waals surface area contributed by atoms with E-state index in [2.05, 4.69) is 26.1 Å². The largest absolute Gasteiger partial charge is 0.327 e. The summed E-state index contributed by atoms with van der Waals surface area (Å²) in [5.41, 5.74) is 2.61. The number of nitro groups is 1. The highest BCUT2D eigenvalue weighted by Crippen LogP contribution is 2.29. The Bertz CT molecular complexity index is 1160. The number of carbonyl (C=O) groups excluding carboxylic acids is 2. The van der Waals surface area contributed by atoms with Gasteiger partial charge < -0.3 is 16.0 Å². The van der Waals surface area contributed by atoms with Crippen molar-refractivity contribution in [2.45, 2.75) is 13.0 Å². The Labute approximate surface area is 164 Å². The summed E-state index contributed by atoms with van der Waals surface area (Å²) in [7, 11) is 0. The van der Waals surface area contributed by atoms with Crippen molar-refractivity contribution in [1.29, 1.82) is 0 Å². The van der Waals surface area contributed by atoms with Gasteiger partial charge in [0.25, 0.3) is 11.6 Å². The molecular formula is C19H16N6O4. The average molecular weight is 392 g/mol. The van der Waals surface area contributed by atoms with Gasteiger partial charge in [0.2, 0.25) is 0 Å². The van der Waals surface area contributed by atoms with E-state index in [1.807, 2.05) is 0 Å². The Hall–Kier alpha value is -4.21. The van der Waals surface area contributed by atoms with Crippen LogP contribution >= 0.6 is 0 Å². The average Bonchev–Trinajstić information content (AvgIpc) is 3.15. The third kappa shape index (κ3) is 3.50. The van der Waals surface area contributed by atoms with Crippen molar-refractivity contribution in [3.05, 3.63) is 75.6 Å². The van der Waals surface area contributed by atoms with Crippen LogP contribution in [-0.2, 0) is 4.79 Å². The van der Waals surface area contributed by atoms with Gasteiger partial charge in [-0.15, -0.1) is 0 Å².